The molecule has 2 aromatic rings. The molecule has 6 nitrogen and oxygen atoms in total. The molecular weight excluding hydrogens is 396 g/mol. The van der Waals surface area contributed by atoms with Gasteiger partial charge in [-0.2, -0.15) is 5.26 Å². The first-order chi connectivity index (χ1) is 13.3. The second kappa shape index (κ2) is 8.33. The summed E-state index contributed by atoms with van der Waals surface area (Å²) in [6, 6.07) is 8.28. The van der Waals surface area contributed by atoms with Crippen LogP contribution >= 0.6 is 11.3 Å². The fourth-order valence-electron chi connectivity index (χ4n) is 3.27. The van der Waals surface area contributed by atoms with Crippen LogP contribution < -0.4 is 10.1 Å². The van der Waals surface area contributed by atoms with Gasteiger partial charge in [0.25, 0.3) is 0 Å². The summed E-state index contributed by atoms with van der Waals surface area (Å²) >= 11 is 1.43. The van der Waals surface area contributed by atoms with Crippen molar-refractivity contribution in [3.05, 3.63) is 40.3 Å². The van der Waals surface area contributed by atoms with Crippen molar-refractivity contribution in [1.29, 1.82) is 5.26 Å². The molecule has 3 rings (SSSR count). The zero-order valence-electron chi connectivity index (χ0n) is 15.8. The number of nitrogens with one attached hydrogen (secondary N) is 1. The van der Waals surface area contributed by atoms with E-state index in [0.29, 0.717) is 22.2 Å². The maximum absolute atomic E-state index is 12.4. The molecule has 0 saturated carbocycles. The number of ether oxygens (including phenoxy) is 1. The largest absolute Gasteiger partial charge is 0.497 e. The molecule has 1 heterocycles. The second-order valence-corrected chi connectivity index (χ2v) is 10.2. The number of thiophene rings is 1. The number of anilines is 1. The molecule has 1 aliphatic rings. The van der Waals surface area contributed by atoms with E-state index in [-0.39, 0.29) is 17.1 Å². The molecule has 1 aliphatic carbocycles. The highest BCUT2D eigenvalue weighted by atomic mass is 32.2. The molecule has 1 amide bonds. The Morgan fingerprint density at radius 3 is 2.71 bits per heavy atom. The van der Waals surface area contributed by atoms with Crippen molar-refractivity contribution in [1.82, 2.24) is 0 Å². The summed E-state index contributed by atoms with van der Waals surface area (Å²) in [5, 5.41) is 12.8. The number of carbonyl (C=O) groups is 1. The van der Waals surface area contributed by atoms with Gasteiger partial charge in [-0.25, -0.2) is 8.42 Å². The number of nitrogens with zero attached hydrogens (tertiary/aromatic N) is 1. The van der Waals surface area contributed by atoms with Crippen LogP contribution in [0, 0.1) is 17.2 Å². The molecule has 28 heavy (non-hydrogen) atoms. The number of amides is 1. The van der Waals surface area contributed by atoms with Gasteiger partial charge in [0, 0.05) is 11.3 Å². The lowest BCUT2D eigenvalue weighted by Gasteiger charge is -2.17. The van der Waals surface area contributed by atoms with Gasteiger partial charge in [-0.05, 0) is 55.0 Å². The monoisotopic (exact) mass is 418 g/mol. The number of fused-ring (bicyclic) bond motifs is 1. The Morgan fingerprint density at radius 1 is 1.36 bits per heavy atom. The third-order valence-corrected chi connectivity index (χ3v) is 7.79. The molecule has 8 heteroatoms. The van der Waals surface area contributed by atoms with Crippen molar-refractivity contribution < 1.29 is 17.9 Å². The molecule has 1 aromatic heterocycles. The molecule has 0 fully saturated rings. The van der Waals surface area contributed by atoms with E-state index in [1.165, 1.54) is 30.6 Å². The Balaban J connectivity index is 1.67. The van der Waals surface area contributed by atoms with Crippen molar-refractivity contribution in [3.63, 3.8) is 0 Å². The molecule has 0 aliphatic heterocycles. The van der Waals surface area contributed by atoms with E-state index in [2.05, 4.69) is 18.3 Å². The van der Waals surface area contributed by atoms with Crippen molar-refractivity contribution >= 4 is 32.1 Å². The minimum Gasteiger partial charge on any atom is -0.497 e. The summed E-state index contributed by atoms with van der Waals surface area (Å²) in [4.78, 5) is 13.6. The lowest BCUT2D eigenvalue weighted by Crippen LogP contribution is -2.17. The third-order valence-electron chi connectivity index (χ3n) is 4.89. The van der Waals surface area contributed by atoms with Gasteiger partial charge in [-0.1, -0.05) is 6.92 Å². The zero-order chi connectivity index (χ0) is 20.3. The summed E-state index contributed by atoms with van der Waals surface area (Å²) in [6.45, 7) is 2.18. The van der Waals surface area contributed by atoms with Crippen LogP contribution in [0.25, 0.3) is 0 Å². The predicted octanol–water partition coefficient (Wildman–Crippen LogP) is 3.56. The Morgan fingerprint density at radius 2 is 2.07 bits per heavy atom. The van der Waals surface area contributed by atoms with Gasteiger partial charge in [-0.15, -0.1) is 11.3 Å². The van der Waals surface area contributed by atoms with Crippen molar-refractivity contribution in [2.24, 2.45) is 5.92 Å². The van der Waals surface area contributed by atoms with E-state index in [0.717, 1.165) is 29.7 Å². The van der Waals surface area contributed by atoms with E-state index in [1.807, 2.05) is 0 Å². The average molecular weight is 419 g/mol. The third kappa shape index (κ3) is 4.37. The molecule has 0 radical (unpaired) electrons. The first-order valence-corrected chi connectivity index (χ1v) is 11.5. The first kappa shape index (κ1) is 20.4. The average Bonchev–Trinajstić information content (AvgIpc) is 3.02. The minimum atomic E-state index is -3.58. The first-order valence-electron chi connectivity index (χ1n) is 9.05. The second-order valence-electron chi connectivity index (χ2n) is 6.96. The van der Waals surface area contributed by atoms with Crippen LogP contribution in [0.4, 0.5) is 5.00 Å². The van der Waals surface area contributed by atoms with Crippen LogP contribution in [0.5, 0.6) is 5.75 Å². The van der Waals surface area contributed by atoms with Crippen LogP contribution in [-0.2, 0) is 27.5 Å². The summed E-state index contributed by atoms with van der Waals surface area (Å²) < 4.78 is 29.9. The van der Waals surface area contributed by atoms with Gasteiger partial charge in [-0.3, -0.25) is 4.79 Å². The normalized spacial score (nSPS) is 16.1. The SMILES string of the molecule is COc1ccc(S(=O)(=O)CCC(=O)Nc2sc3c(c2C#N)CC[C@@H](C)C3)cc1. The smallest absolute Gasteiger partial charge is 0.226 e. The summed E-state index contributed by atoms with van der Waals surface area (Å²) in [5.74, 6) is 0.433. The van der Waals surface area contributed by atoms with Gasteiger partial charge in [0.15, 0.2) is 9.84 Å². The fourth-order valence-corrected chi connectivity index (χ4v) is 5.89. The van der Waals surface area contributed by atoms with E-state index in [9.17, 15) is 18.5 Å². The summed E-state index contributed by atoms with van der Waals surface area (Å²) in [7, 11) is -2.07. The molecule has 0 spiro atoms. The molecule has 1 atom stereocenters. The summed E-state index contributed by atoms with van der Waals surface area (Å²) in [6.07, 6.45) is 2.62. The van der Waals surface area contributed by atoms with Crippen LogP contribution in [0.1, 0.15) is 35.8 Å². The van der Waals surface area contributed by atoms with Crippen LogP contribution in [0.15, 0.2) is 29.2 Å². The van der Waals surface area contributed by atoms with Crippen LogP contribution in [-0.4, -0.2) is 27.2 Å². The standard InChI is InChI=1S/C20H22N2O4S2/c1-13-3-8-16-17(12-21)20(27-18(16)11-13)22-19(23)9-10-28(24,25)15-6-4-14(26-2)5-7-15/h4-7,13H,3,8-11H2,1-2H3,(H,22,23)/t13-/m1/s1. The number of rotatable bonds is 6. The van der Waals surface area contributed by atoms with Gasteiger partial charge >= 0.3 is 0 Å². The number of hydrogen-bond donors (Lipinski definition) is 1. The highest BCUT2D eigenvalue weighted by molar-refractivity contribution is 7.91. The lowest BCUT2D eigenvalue weighted by molar-refractivity contribution is -0.115. The van der Waals surface area contributed by atoms with Gasteiger partial charge in [0.05, 0.1) is 23.3 Å². The fraction of sp³-hybridized carbons (Fsp3) is 0.400. The van der Waals surface area contributed by atoms with Crippen molar-refractivity contribution in [2.45, 2.75) is 37.5 Å². The molecular formula is C20H22N2O4S2. The number of hydrogen-bond acceptors (Lipinski definition) is 6. The lowest BCUT2D eigenvalue weighted by atomic mass is 9.89. The molecule has 0 bridgehead atoms. The molecule has 1 N–H and O–H groups in total. The quantitative estimate of drug-likeness (QED) is 0.774. The van der Waals surface area contributed by atoms with Gasteiger partial charge in [0.1, 0.15) is 16.8 Å². The highest BCUT2D eigenvalue weighted by Gasteiger charge is 2.25. The number of sulfone groups is 1. The van der Waals surface area contributed by atoms with Crippen molar-refractivity contribution in [2.75, 3.05) is 18.2 Å². The zero-order valence-corrected chi connectivity index (χ0v) is 17.5. The van der Waals surface area contributed by atoms with Crippen LogP contribution in [0.2, 0.25) is 0 Å². The maximum Gasteiger partial charge on any atom is 0.226 e. The number of methoxy groups -OCH3 is 1. The Kier molecular flexibility index (Phi) is 6.06. The molecule has 1 aromatic carbocycles. The summed E-state index contributed by atoms with van der Waals surface area (Å²) in [5.41, 5.74) is 1.56. The molecule has 0 unspecified atom stereocenters. The van der Waals surface area contributed by atoms with Crippen LogP contribution in [0.3, 0.4) is 0 Å². The highest BCUT2D eigenvalue weighted by Crippen LogP contribution is 2.39. The molecule has 148 valence electrons. The maximum atomic E-state index is 12.4. The van der Waals surface area contributed by atoms with E-state index in [1.54, 1.807) is 12.1 Å². The Labute approximate surface area is 169 Å². The number of carbonyl (C=O) groups excluding carboxylic acids is 1. The van der Waals surface area contributed by atoms with Gasteiger partial charge in [0.2, 0.25) is 5.91 Å². The van der Waals surface area contributed by atoms with Gasteiger partial charge < -0.3 is 10.1 Å². The van der Waals surface area contributed by atoms with E-state index >= 15 is 0 Å². The van der Waals surface area contributed by atoms with Crippen molar-refractivity contribution in [3.8, 4) is 11.8 Å². The molecule has 0 saturated heterocycles. The van der Waals surface area contributed by atoms with E-state index < -0.39 is 15.7 Å². The topological polar surface area (TPSA) is 96.3 Å². The number of nitriles is 1. The minimum absolute atomic E-state index is 0.152. The Bertz CT molecular complexity index is 1020. The van der Waals surface area contributed by atoms with E-state index in [4.69, 9.17) is 4.74 Å². The number of benzene rings is 1. The predicted molar refractivity (Wildman–Crippen MR) is 109 cm³/mol. The Hall–Kier alpha value is -2.37.